The van der Waals surface area contributed by atoms with Gasteiger partial charge in [0.25, 0.3) is 0 Å². The van der Waals surface area contributed by atoms with Crippen LogP contribution < -0.4 is 16.4 Å². The zero-order valence-electron chi connectivity index (χ0n) is 16.3. The molecule has 0 aromatic rings. The molecule has 2 atom stereocenters. The predicted octanol–water partition coefficient (Wildman–Crippen LogP) is 2.04. The van der Waals surface area contributed by atoms with E-state index in [1.165, 1.54) is 7.11 Å². The zero-order valence-corrected chi connectivity index (χ0v) is 16.3. The molecule has 4 N–H and O–H groups in total. The van der Waals surface area contributed by atoms with E-state index < -0.39 is 23.7 Å². The van der Waals surface area contributed by atoms with Crippen molar-refractivity contribution in [2.24, 2.45) is 5.73 Å². The lowest BCUT2D eigenvalue weighted by Gasteiger charge is -2.21. The molecule has 0 saturated heterocycles. The van der Waals surface area contributed by atoms with E-state index in [-0.39, 0.29) is 12.6 Å². The maximum atomic E-state index is 11.4. The van der Waals surface area contributed by atoms with Gasteiger partial charge in [-0.3, -0.25) is 4.79 Å². The van der Waals surface area contributed by atoms with Crippen LogP contribution in [-0.4, -0.2) is 49.9 Å². The Balaban J connectivity index is -0.000000919. The highest BCUT2D eigenvalue weighted by molar-refractivity contribution is 5.75. The Morgan fingerprint density at radius 3 is 1.96 bits per heavy atom. The maximum Gasteiger partial charge on any atom is 0.407 e. The van der Waals surface area contributed by atoms with Gasteiger partial charge >= 0.3 is 12.1 Å². The number of methoxy groups -OCH3 is 1. The van der Waals surface area contributed by atoms with Crippen LogP contribution in [-0.2, 0) is 14.3 Å². The van der Waals surface area contributed by atoms with Crippen LogP contribution in [0.5, 0.6) is 0 Å². The van der Waals surface area contributed by atoms with E-state index in [0.717, 1.165) is 0 Å². The smallest absolute Gasteiger partial charge is 0.407 e. The van der Waals surface area contributed by atoms with Crippen LogP contribution in [0.1, 0.15) is 55.4 Å². The molecule has 0 fully saturated rings. The van der Waals surface area contributed by atoms with Crippen LogP contribution in [0.25, 0.3) is 0 Å². The quantitative estimate of drug-likeness (QED) is 0.642. The molecule has 0 bridgehead atoms. The molecule has 0 aliphatic carbocycles. The maximum absolute atomic E-state index is 11.4. The summed E-state index contributed by atoms with van der Waals surface area (Å²) in [6.45, 7) is 15.9. The summed E-state index contributed by atoms with van der Waals surface area (Å²) in [6.07, 6.45) is -0.474. The molecule has 140 valence electrons. The van der Waals surface area contributed by atoms with E-state index in [0.29, 0.717) is 6.54 Å². The third kappa shape index (κ3) is 18.6. The average Bonchev–Trinajstić information content (AvgIpc) is 2.52. The zero-order chi connectivity index (χ0) is 19.1. The Morgan fingerprint density at radius 1 is 1.09 bits per heavy atom. The molecule has 0 heterocycles. The number of carbonyl (C=O) groups is 2. The SMILES string of the molecule is CC.CC.COC(=O)C(N)CNC(C)CNC(=O)OC(C)(C)C. The number of ether oxygens (including phenoxy) is 2. The van der Waals surface area contributed by atoms with Crippen LogP contribution in [0.2, 0.25) is 0 Å². The number of amides is 1. The molecule has 0 radical (unpaired) electrons. The van der Waals surface area contributed by atoms with Crippen molar-refractivity contribution in [1.82, 2.24) is 10.6 Å². The Kier molecular flexibility index (Phi) is 18.0. The summed E-state index contributed by atoms with van der Waals surface area (Å²) in [5.74, 6) is -0.472. The van der Waals surface area contributed by atoms with Crippen LogP contribution in [0.4, 0.5) is 4.79 Å². The molecule has 1 amide bonds. The van der Waals surface area contributed by atoms with Crippen molar-refractivity contribution < 1.29 is 19.1 Å². The second-order valence-corrected chi connectivity index (χ2v) is 5.32. The number of carbonyl (C=O) groups excluding carboxylic acids is 2. The first-order valence-corrected chi connectivity index (χ1v) is 8.19. The first-order valence-electron chi connectivity index (χ1n) is 8.19. The van der Waals surface area contributed by atoms with E-state index in [1.807, 2.05) is 34.6 Å². The standard InChI is InChI=1S/C12H25N3O4.2C2H6/c1-8(14-7-9(13)10(16)18-5)6-15-11(17)19-12(2,3)4;2*1-2/h8-9,14H,6-7,13H2,1-5H3,(H,15,17);2*1-2H3. The summed E-state index contributed by atoms with van der Waals surface area (Å²) in [4.78, 5) is 22.5. The Labute approximate surface area is 141 Å². The minimum Gasteiger partial charge on any atom is -0.468 e. The van der Waals surface area contributed by atoms with Gasteiger partial charge in [0.05, 0.1) is 7.11 Å². The van der Waals surface area contributed by atoms with E-state index in [4.69, 9.17) is 10.5 Å². The summed E-state index contributed by atoms with van der Waals surface area (Å²) in [6, 6.07) is -0.753. The number of rotatable bonds is 6. The number of nitrogens with one attached hydrogen (secondary N) is 2. The summed E-state index contributed by atoms with van der Waals surface area (Å²) >= 11 is 0. The molecule has 2 unspecified atom stereocenters. The number of hydrogen-bond acceptors (Lipinski definition) is 6. The van der Waals surface area contributed by atoms with Gasteiger partial charge in [0.15, 0.2) is 0 Å². The van der Waals surface area contributed by atoms with Crippen molar-refractivity contribution in [2.45, 2.75) is 73.1 Å². The fraction of sp³-hybridized carbons (Fsp3) is 0.875. The largest absolute Gasteiger partial charge is 0.468 e. The van der Waals surface area contributed by atoms with Gasteiger partial charge in [0, 0.05) is 19.1 Å². The highest BCUT2D eigenvalue weighted by Crippen LogP contribution is 2.06. The van der Waals surface area contributed by atoms with Crippen LogP contribution >= 0.6 is 0 Å². The average molecular weight is 335 g/mol. The first kappa shape index (κ1) is 26.6. The second-order valence-electron chi connectivity index (χ2n) is 5.32. The second kappa shape index (κ2) is 15.6. The highest BCUT2D eigenvalue weighted by atomic mass is 16.6. The van der Waals surface area contributed by atoms with Crippen molar-refractivity contribution in [3.63, 3.8) is 0 Å². The highest BCUT2D eigenvalue weighted by Gasteiger charge is 2.17. The lowest BCUT2D eigenvalue weighted by molar-refractivity contribution is -0.142. The number of hydrogen-bond donors (Lipinski definition) is 3. The predicted molar refractivity (Wildman–Crippen MR) is 94.4 cm³/mol. The van der Waals surface area contributed by atoms with Crippen molar-refractivity contribution in [2.75, 3.05) is 20.2 Å². The fourth-order valence-electron chi connectivity index (χ4n) is 1.19. The first-order chi connectivity index (χ1) is 10.7. The Bertz CT molecular complexity index is 304. The molecule has 0 aliphatic rings. The van der Waals surface area contributed by atoms with E-state index in [2.05, 4.69) is 15.4 Å². The molecule has 7 nitrogen and oxygen atoms in total. The van der Waals surface area contributed by atoms with Crippen molar-refractivity contribution >= 4 is 12.1 Å². The van der Waals surface area contributed by atoms with Gasteiger partial charge in [-0.15, -0.1) is 0 Å². The van der Waals surface area contributed by atoms with Gasteiger partial charge in [-0.2, -0.15) is 0 Å². The van der Waals surface area contributed by atoms with Gasteiger partial charge in [-0.1, -0.05) is 27.7 Å². The summed E-state index contributed by atoms with van der Waals surface area (Å²) in [5.41, 5.74) is 5.05. The molecule has 0 spiro atoms. The lowest BCUT2D eigenvalue weighted by atomic mass is 10.2. The van der Waals surface area contributed by atoms with Gasteiger partial charge in [-0.05, 0) is 27.7 Å². The van der Waals surface area contributed by atoms with Gasteiger partial charge in [0.2, 0.25) is 0 Å². The van der Waals surface area contributed by atoms with Gasteiger partial charge < -0.3 is 25.8 Å². The fourth-order valence-corrected chi connectivity index (χ4v) is 1.19. The van der Waals surface area contributed by atoms with Crippen LogP contribution in [0.3, 0.4) is 0 Å². The van der Waals surface area contributed by atoms with Crippen molar-refractivity contribution in [3.8, 4) is 0 Å². The molecule has 23 heavy (non-hydrogen) atoms. The van der Waals surface area contributed by atoms with Crippen LogP contribution in [0, 0.1) is 0 Å². The normalized spacial score (nSPS) is 12.4. The summed E-state index contributed by atoms with van der Waals surface area (Å²) in [5, 5.41) is 5.64. The van der Waals surface area contributed by atoms with E-state index in [9.17, 15) is 9.59 Å². The van der Waals surface area contributed by atoms with E-state index in [1.54, 1.807) is 20.8 Å². The monoisotopic (exact) mass is 335 g/mol. The lowest BCUT2D eigenvalue weighted by Crippen LogP contribution is -2.47. The van der Waals surface area contributed by atoms with Crippen molar-refractivity contribution in [3.05, 3.63) is 0 Å². The molecule has 0 aliphatic heterocycles. The molecule has 0 aromatic heterocycles. The summed E-state index contributed by atoms with van der Waals surface area (Å²) < 4.78 is 9.60. The van der Waals surface area contributed by atoms with Crippen molar-refractivity contribution in [1.29, 1.82) is 0 Å². The van der Waals surface area contributed by atoms with E-state index >= 15 is 0 Å². The molecular weight excluding hydrogens is 298 g/mol. The third-order valence-electron chi connectivity index (χ3n) is 2.14. The Morgan fingerprint density at radius 2 is 1.57 bits per heavy atom. The Hall–Kier alpha value is -1.34. The molecule has 7 heteroatoms. The molecule has 0 saturated carbocycles. The molecule has 0 rings (SSSR count). The number of esters is 1. The third-order valence-corrected chi connectivity index (χ3v) is 2.14. The molecular formula is C16H37N3O4. The van der Waals surface area contributed by atoms with Gasteiger partial charge in [-0.25, -0.2) is 4.79 Å². The van der Waals surface area contributed by atoms with Crippen LogP contribution in [0.15, 0.2) is 0 Å². The number of alkyl carbamates (subject to hydrolysis) is 1. The minimum atomic E-state index is -0.714. The molecule has 0 aromatic carbocycles. The number of nitrogens with two attached hydrogens (primary N) is 1. The summed E-state index contributed by atoms with van der Waals surface area (Å²) in [7, 11) is 1.29. The topological polar surface area (TPSA) is 103 Å². The minimum absolute atomic E-state index is 0.0387. The van der Waals surface area contributed by atoms with Gasteiger partial charge in [0.1, 0.15) is 11.6 Å².